The summed E-state index contributed by atoms with van der Waals surface area (Å²) < 4.78 is 20.2. The molecule has 6 amide bonds. The van der Waals surface area contributed by atoms with E-state index in [1.165, 1.54) is 11.3 Å². The Morgan fingerprint density at radius 1 is 0.805 bits per heavy atom. The van der Waals surface area contributed by atoms with Crippen LogP contribution in [0.5, 0.6) is 0 Å². The maximum Gasteiger partial charge on any atom is 0.355 e. The first-order valence-corrected chi connectivity index (χ1v) is 29.0. The van der Waals surface area contributed by atoms with Gasteiger partial charge in [0.15, 0.2) is 10.8 Å². The van der Waals surface area contributed by atoms with Crippen LogP contribution >= 0.6 is 11.3 Å². The predicted molar refractivity (Wildman–Crippen MR) is 303 cm³/mol. The minimum absolute atomic E-state index is 0.0468. The predicted octanol–water partition coefficient (Wildman–Crippen LogP) is 6.64. The molecule has 4 aliphatic carbocycles. The number of benzene rings is 3. The van der Waals surface area contributed by atoms with Crippen molar-refractivity contribution in [2.75, 3.05) is 74.8 Å². The highest BCUT2D eigenvalue weighted by atomic mass is 32.1. The van der Waals surface area contributed by atoms with E-state index in [-0.39, 0.29) is 46.9 Å². The van der Waals surface area contributed by atoms with Crippen molar-refractivity contribution >= 4 is 79.6 Å². The van der Waals surface area contributed by atoms with Crippen molar-refractivity contribution in [3.63, 3.8) is 0 Å². The molecule has 22 heteroatoms. The van der Waals surface area contributed by atoms with Gasteiger partial charge in [-0.1, -0.05) is 41.7 Å². The second-order valence-electron chi connectivity index (χ2n) is 22.7. The summed E-state index contributed by atoms with van der Waals surface area (Å²) in [5.74, 6) is -2.14. The molecular formula is C60H64N10O11S. The Morgan fingerprint density at radius 3 is 2.33 bits per heavy atom. The number of carbonyl (C=O) groups excluding carboxylic acids is 6. The number of aromatic nitrogens is 4. The minimum Gasteiger partial charge on any atom is -0.476 e. The fraction of sp³-hybridized carbons (Fsp3) is 0.433. The third kappa shape index (κ3) is 10.7. The Labute approximate surface area is 476 Å². The molecule has 6 aromatic rings. The summed E-state index contributed by atoms with van der Waals surface area (Å²) in [4.78, 5) is 104. The first-order valence-electron chi connectivity index (χ1n) is 28.2. The number of carboxylic acids is 1. The number of hydrogen-bond donors (Lipinski definition) is 5. The lowest BCUT2D eigenvalue weighted by molar-refractivity contribution is -0.159. The number of hydrogen-bond acceptors (Lipinski definition) is 16. The highest BCUT2D eigenvalue weighted by molar-refractivity contribution is 7.22. The summed E-state index contributed by atoms with van der Waals surface area (Å²) in [6.07, 6.45) is 8.21. The average molecular weight is 1130 g/mol. The Bertz CT molecular complexity index is 3500. The van der Waals surface area contributed by atoms with Gasteiger partial charge in [0, 0.05) is 67.2 Å². The van der Waals surface area contributed by atoms with Gasteiger partial charge in [-0.15, -0.1) is 0 Å². The molecule has 3 aliphatic heterocycles. The summed E-state index contributed by atoms with van der Waals surface area (Å²) in [7, 11) is 0. The number of pyridine rings is 1. The number of ether oxygens (including phenoxy) is 3. The van der Waals surface area contributed by atoms with Gasteiger partial charge in [0.2, 0.25) is 17.7 Å². The zero-order valence-corrected chi connectivity index (χ0v) is 46.3. The highest BCUT2D eigenvalue weighted by Crippen LogP contribution is 2.66. The van der Waals surface area contributed by atoms with E-state index in [0.29, 0.717) is 124 Å². The van der Waals surface area contributed by atoms with Gasteiger partial charge in [0.05, 0.1) is 72.6 Å². The molecule has 21 nitrogen and oxygen atoms in total. The van der Waals surface area contributed by atoms with Crippen LogP contribution in [0, 0.1) is 29.6 Å². The fourth-order valence-electron chi connectivity index (χ4n) is 14.1. The molecule has 13 rings (SSSR count). The van der Waals surface area contributed by atoms with Crippen LogP contribution in [0.4, 0.5) is 16.6 Å². The summed E-state index contributed by atoms with van der Waals surface area (Å²) in [5, 5.41) is 27.6. The van der Waals surface area contributed by atoms with Crippen molar-refractivity contribution in [1.82, 2.24) is 35.3 Å². The Kier molecular flexibility index (Phi) is 15.2. The van der Waals surface area contributed by atoms with E-state index in [2.05, 4.69) is 26.3 Å². The van der Waals surface area contributed by atoms with E-state index in [1.54, 1.807) is 24.4 Å². The summed E-state index contributed by atoms with van der Waals surface area (Å²) in [6.45, 7) is 6.33. The van der Waals surface area contributed by atoms with Gasteiger partial charge >= 0.3 is 5.97 Å². The summed E-state index contributed by atoms with van der Waals surface area (Å²) in [5.41, 5.74) is 5.52. The van der Waals surface area contributed by atoms with Crippen molar-refractivity contribution in [2.24, 2.45) is 22.7 Å². The van der Waals surface area contributed by atoms with Crippen molar-refractivity contribution in [3.8, 4) is 11.1 Å². The van der Waals surface area contributed by atoms with Crippen molar-refractivity contribution in [1.29, 1.82) is 0 Å². The third-order valence-corrected chi connectivity index (χ3v) is 18.2. The second kappa shape index (κ2) is 22.8. The molecule has 82 heavy (non-hydrogen) atoms. The number of piperidine rings is 1. The average Bonchev–Trinajstić information content (AvgIpc) is 1.97. The zero-order valence-electron chi connectivity index (χ0n) is 45.5. The van der Waals surface area contributed by atoms with E-state index < -0.39 is 41.1 Å². The number of thiazole rings is 1. The normalized spacial score (nSPS) is 22.6. The second-order valence-corrected chi connectivity index (χ2v) is 23.7. The quantitative estimate of drug-likeness (QED) is 0.0352. The molecule has 3 unspecified atom stereocenters. The fourth-order valence-corrected chi connectivity index (χ4v) is 14.9. The number of rotatable bonds is 22. The summed E-state index contributed by atoms with van der Waals surface area (Å²) >= 11 is 1.42. The number of anilines is 3. The van der Waals surface area contributed by atoms with Gasteiger partial charge in [-0.05, 0) is 129 Å². The number of nitrogens with one attached hydrogen (secondary N) is 4. The number of amides is 6. The molecule has 426 valence electrons. The monoisotopic (exact) mass is 1130 g/mol. The van der Waals surface area contributed by atoms with Crippen molar-refractivity contribution in [2.45, 2.75) is 83.8 Å². The maximum atomic E-state index is 14.2. The minimum atomic E-state index is -1.14. The lowest BCUT2D eigenvalue weighted by Crippen LogP contribution is -2.58. The largest absolute Gasteiger partial charge is 0.476 e. The topological polar surface area (TPSA) is 266 Å². The Morgan fingerprint density at radius 2 is 1.56 bits per heavy atom. The number of carbonyl (C=O) groups is 7. The molecule has 4 bridgehead atoms. The molecule has 5 fully saturated rings. The first kappa shape index (κ1) is 54.7. The molecule has 1 saturated heterocycles. The molecule has 0 radical (unpaired) electrons. The summed E-state index contributed by atoms with van der Waals surface area (Å²) in [6, 6.07) is 21.0. The SMILES string of the molecule is Cc1c(-c2ccc(N3CCc4cccc(C(=O)Nc5nc6ccccc6s5)c4C3)nc2C(=O)O)cnn1C[C@]12CC3CC(C1)C[C@](C(=O)NCCOCCOCCOCCNc1cccc4c1C(=O)N(C1CCC(=O)NC1=O)C4=O)(C3)C2. The number of aromatic carboxylic acids is 1. The van der Waals surface area contributed by atoms with Crippen LogP contribution in [-0.4, -0.2) is 136 Å². The van der Waals surface area contributed by atoms with Gasteiger partial charge in [0.25, 0.3) is 17.7 Å². The van der Waals surface area contributed by atoms with Gasteiger partial charge in [-0.2, -0.15) is 5.10 Å². The van der Waals surface area contributed by atoms with Crippen molar-refractivity contribution in [3.05, 3.63) is 118 Å². The maximum absolute atomic E-state index is 14.2. The van der Waals surface area contributed by atoms with Crippen LogP contribution in [0.3, 0.4) is 0 Å². The number of para-hydroxylation sites is 1. The first-order chi connectivity index (χ1) is 39.7. The number of imide groups is 2. The number of fused-ring (bicyclic) bond motifs is 3. The molecule has 3 aromatic heterocycles. The van der Waals surface area contributed by atoms with Crippen LogP contribution in [0.1, 0.15) is 110 Å². The highest BCUT2D eigenvalue weighted by Gasteiger charge is 2.60. The molecule has 5 N–H and O–H groups in total. The molecule has 3 aromatic carbocycles. The van der Waals surface area contributed by atoms with E-state index in [9.17, 15) is 38.7 Å². The van der Waals surface area contributed by atoms with Crippen LogP contribution < -0.4 is 26.2 Å². The molecular weight excluding hydrogens is 1070 g/mol. The molecule has 3 atom stereocenters. The van der Waals surface area contributed by atoms with Crippen LogP contribution in [0.2, 0.25) is 0 Å². The van der Waals surface area contributed by atoms with Gasteiger partial charge in [-0.3, -0.25) is 49.0 Å². The van der Waals surface area contributed by atoms with Gasteiger partial charge in [-0.25, -0.2) is 14.8 Å². The third-order valence-electron chi connectivity index (χ3n) is 17.3. The Balaban J connectivity index is 0.591. The van der Waals surface area contributed by atoms with Crippen LogP contribution in [-0.2, 0) is 48.1 Å². The van der Waals surface area contributed by atoms with E-state index in [0.717, 1.165) is 70.5 Å². The smallest absolute Gasteiger partial charge is 0.355 e. The molecule has 6 heterocycles. The number of carboxylic acid groups (broad SMARTS) is 1. The lowest BCUT2D eigenvalue weighted by atomic mass is 9.44. The van der Waals surface area contributed by atoms with Crippen LogP contribution in [0.15, 0.2) is 79.0 Å². The van der Waals surface area contributed by atoms with Gasteiger partial charge in [0.1, 0.15) is 11.9 Å². The standard InChI is InChI=1S/C60H64N10O11S/c1-35-42(39-12-14-48(65-51(39)56(76)77)68-19-16-38-6-4-7-40(43(38)32-68)52(72)67-58-64-44-9-2-3-11-47(44)82-58)31-63-69(35)34-59-27-36-26-37(28-59)30-60(29-36,33-59)57(78)62-18-21-80-23-25-81-24-22-79-20-17-61-45-10-5-8-41-50(45)55(75)70(54(41)74)46-13-15-49(71)66-53(46)73/h2-12,14,31,36-37,46,61H,13,15-30,32-34H2,1H3,(H,62,78)(H,76,77)(H,64,67,72)(H,66,71,73)/t36?,37?,46?,59-,60-. The van der Waals surface area contributed by atoms with Gasteiger partial charge < -0.3 is 34.9 Å². The van der Waals surface area contributed by atoms with E-state index in [1.807, 2.05) is 71.1 Å². The Hall–Kier alpha value is -7.92. The zero-order chi connectivity index (χ0) is 56.7. The van der Waals surface area contributed by atoms with Crippen LogP contribution in [0.25, 0.3) is 21.3 Å². The van der Waals surface area contributed by atoms with E-state index in [4.69, 9.17) is 24.3 Å². The van der Waals surface area contributed by atoms with E-state index >= 15 is 0 Å². The lowest BCUT2D eigenvalue weighted by Gasteiger charge is -2.61. The molecule has 7 aliphatic rings. The number of nitrogens with zero attached hydrogens (tertiary/aromatic N) is 6. The molecule has 0 spiro atoms. The molecule has 4 saturated carbocycles. The van der Waals surface area contributed by atoms with Crippen molar-refractivity contribution < 1.29 is 52.9 Å².